The lowest BCUT2D eigenvalue weighted by molar-refractivity contribution is -0.168. The normalized spacial score (nSPS) is 21.2. The summed E-state index contributed by atoms with van der Waals surface area (Å²) >= 11 is 0. The molecule has 6 nitrogen and oxygen atoms in total. The molecule has 6 heteroatoms. The van der Waals surface area contributed by atoms with Crippen LogP contribution in [-0.2, 0) is 20.7 Å². The van der Waals surface area contributed by atoms with E-state index in [0.29, 0.717) is 26.1 Å². The third-order valence-electron chi connectivity index (χ3n) is 6.21. The van der Waals surface area contributed by atoms with Crippen molar-refractivity contribution in [3.8, 4) is 11.1 Å². The molecule has 0 spiro atoms. The summed E-state index contributed by atoms with van der Waals surface area (Å²) in [7, 11) is 0. The van der Waals surface area contributed by atoms with Crippen LogP contribution in [0.4, 0.5) is 0 Å². The monoisotopic (exact) mass is 419 g/mol. The Morgan fingerprint density at radius 1 is 1.23 bits per heavy atom. The van der Waals surface area contributed by atoms with Gasteiger partial charge in [0.25, 0.3) is 5.91 Å². The lowest BCUT2D eigenvalue weighted by Gasteiger charge is -2.43. The number of carbonyl (C=O) groups excluding carboxylic acids is 2. The maximum atomic E-state index is 13.2. The summed E-state index contributed by atoms with van der Waals surface area (Å²) in [5.41, 5.74) is 1.99. The molecule has 0 radical (unpaired) electrons. The Kier molecular flexibility index (Phi) is 6.47. The first kappa shape index (κ1) is 21.2. The average Bonchev–Trinajstić information content (AvgIpc) is 2.77. The van der Waals surface area contributed by atoms with Gasteiger partial charge in [0.05, 0.1) is 13.2 Å². The molecule has 1 saturated carbocycles. The fourth-order valence-corrected chi connectivity index (χ4v) is 4.21. The highest BCUT2D eigenvalue weighted by Gasteiger charge is 2.46. The number of hydrogen-bond donors (Lipinski definition) is 1. The number of pyridine rings is 1. The molecule has 31 heavy (non-hydrogen) atoms. The maximum Gasteiger partial charge on any atom is 0.254 e. The van der Waals surface area contributed by atoms with E-state index >= 15 is 0 Å². The number of nitrogens with one attached hydrogen (secondary N) is 1. The smallest absolute Gasteiger partial charge is 0.254 e. The van der Waals surface area contributed by atoms with Gasteiger partial charge in [-0.15, -0.1) is 6.58 Å². The van der Waals surface area contributed by atoms with Crippen molar-refractivity contribution in [2.75, 3.05) is 26.2 Å². The summed E-state index contributed by atoms with van der Waals surface area (Å²) in [5.74, 6) is 0.0584. The van der Waals surface area contributed by atoms with Crippen LogP contribution < -0.4 is 5.32 Å². The molecule has 1 aromatic carbocycles. The van der Waals surface area contributed by atoms with Gasteiger partial charge >= 0.3 is 0 Å². The second-order valence-electron chi connectivity index (χ2n) is 8.34. The zero-order chi connectivity index (χ0) is 21.7. The third-order valence-corrected chi connectivity index (χ3v) is 6.21. The molecule has 162 valence electrons. The molecule has 1 atom stereocenters. The van der Waals surface area contributed by atoms with E-state index in [0.717, 1.165) is 36.0 Å². The van der Waals surface area contributed by atoms with Crippen LogP contribution in [0.2, 0.25) is 0 Å². The van der Waals surface area contributed by atoms with Crippen LogP contribution >= 0.6 is 0 Å². The van der Waals surface area contributed by atoms with E-state index in [1.165, 1.54) is 0 Å². The van der Waals surface area contributed by atoms with Gasteiger partial charge in [-0.05, 0) is 35.6 Å². The zero-order valence-corrected chi connectivity index (χ0v) is 17.8. The van der Waals surface area contributed by atoms with Crippen LogP contribution in [0, 0.1) is 5.92 Å². The first-order valence-electron chi connectivity index (χ1n) is 10.9. The number of amides is 2. The number of ether oxygens (including phenoxy) is 1. The fraction of sp³-hybridized carbons (Fsp3) is 0.400. The highest BCUT2D eigenvalue weighted by Crippen LogP contribution is 2.31. The molecule has 1 aromatic heterocycles. The van der Waals surface area contributed by atoms with Crippen molar-refractivity contribution < 1.29 is 14.3 Å². The predicted octanol–water partition coefficient (Wildman–Crippen LogP) is 2.99. The Labute approximate surface area is 183 Å². The number of carbonyl (C=O) groups is 2. The summed E-state index contributed by atoms with van der Waals surface area (Å²) in [6, 6.07) is 12.0. The van der Waals surface area contributed by atoms with Gasteiger partial charge in [-0.1, -0.05) is 42.8 Å². The lowest BCUT2D eigenvalue weighted by atomic mass is 9.83. The summed E-state index contributed by atoms with van der Waals surface area (Å²) in [4.78, 5) is 32.0. The van der Waals surface area contributed by atoms with Gasteiger partial charge in [-0.3, -0.25) is 14.6 Å². The number of morpholine rings is 1. The Bertz CT molecular complexity index is 925. The molecule has 2 fully saturated rings. The Morgan fingerprint density at radius 2 is 2.03 bits per heavy atom. The standard InChI is InChI=1S/C25H29N3O3/c1-2-12-27-24(30)25(18-28(14-15-31-25)23(29)21-5-3-6-21)16-19-8-10-20(11-9-19)22-7-4-13-26-17-22/h2,4,7-11,13,17,21H,1,3,5-6,12,14-16,18H2,(H,27,30). The molecule has 2 aliphatic rings. The molecular weight excluding hydrogens is 390 g/mol. The van der Waals surface area contributed by atoms with Crippen molar-refractivity contribution in [1.82, 2.24) is 15.2 Å². The van der Waals surface area contributed by atoms with Crippen LogP contribution in [0.5, 0.6) is 0 Å². The Morgan fingerprint density at radius 3 is 2.68 bits per heavy atom. The van der Waals surface area contributed by atoms with E-state index in [-0.39, 0.29) is 24.3 Å². The molecule has 1 N–H and O–H groups in total. The second kappa shape index (κ2) is 9.43. The quantitative estimate of drug-likeness (QED) is 0.701. The topological polar surface area (TPSA) is 71.5 Å². The minimum atomic E-state index is -1.10. The van der Waals surface area contributed by atoms with Crippen LogP contribution in [0.1, 0.15) is 24.8 Å². The Balaban J connectivity index is 1.55. The Hall–Kier alpha value is -2.99. The average molecular weight is 420 g/mol. The summed E-state index contributed by atoms with van der Waals surface area (Å²) < 4.78 is 6.10. The highest BCUT2D eigenvalue weighted by atomic mass is 16.5. The minimum absolute atomic E-state index is 0.103. The fourth-order valence-electron chi connectivity index (χ4n) is 4.21. The third kappa shape index (κ3) is 4.69. The van der Waals surface area contributed by atoms with Crippen molar-refractivity contribution in [1.29, 1.82) is 0 Å². The van der Waals surface area contributed by atoms with Crippen molar-refractivity contribution in [3.63, 3.8) is 0 Å². The van der Waals surface area contributed by atoms with Crippen LogP contribution in [0.3, 0.4) is 0 Å². The molecule has 0 bridgehead atoms. The molecule has 2 aromatic rings. The number of aromatic nitrogens is 1. The second-order valence-corrected chi connectivity index (χ2v) is 8.34. The molecule has 1 unspecified atom stereocenters. The van der Waals surface area contributed by atoms with E-state index in [1.54, 1.807) is 12.3 Å². The van der Waals surface area contributed by atoms with Gasteiger partial charge in [0.2, 0.25) is 5.91 Å². The van der Waals surface area contributed by atoms with Gasteiger partial charge in [0.1, 0.15) is 0 Å². The van der Waals surface area contributed by atoms with Crippen molar-refractivity contribution in [2.24, 2.45) is 5.92 Å². The summed E-state index contributed by atoms with van der Waals surface area (Å²) in [6.45, 7) is 5.21. The minimum Gasteiger partial charge on any atom is -0.361 e. The molecule has 1 aliphatic carbocycles. The molecule has 2 amide bonds. The van der Waals surface area contributed by atoms with Crippen molar-refractivity contribution in [3.05, 3.63) is 67.0 Å². The summed E-state index contributed by atoms with van der Waals surface area (Å²) in [5, 5.41) is 2.89. The molecule has 1 saturated heterocycles. The molecule has 1 aliphatic heterocycles. The number of rotatable bonds is 7. The van der Waals surface area contributed by atoms with E-state index in [4.69, 9.17) is 4.74 Å². The van der Waals surface area contributed by atoms with E-state index in [2.05, 4.69) is 16.9 Å². The SMILES string of the molecule is C=CCNC(=O)C1(Cc2ccc(-c3cccnc3)cc2)CN(C(=O)C2CCC2)CCO1. The summed E-state index contributed by atoms with van der Waals surface area (Å²) in [6.07, 6.45) is 8.62. The van der Waals surface area contributed by atoms with Crippen LogP contribution in [0.15, 0.2) is 61.4 Å². The maximum absolute atomic E-state index is 13.2. The largest absolute Gasteiger partial charge is 0.361 e. The van der Waals surface area contributed by atoms with E-state index in [9.17, 15) is 9.59 Å². The van der Waals surface area contributed by atoms with Gasteiger partial charge in [-0.2, -0.15) is 0 Å². The van der Waals surface area contributed by atoms with Crippen molar-refractivity contribution in [2.45, 2.75) is 31.3 Å². The van der Waals surface area contributed by atoms with E-state index < -0.39 is 5.60 Å². The highest BCUT2D eigenvalue weighted by molar-refractivity contribution is 5.88. The number of nitrogens with zero attached hydrogens (tertiary/aromatic N) is 2. The molecule has 2 heterocycles. The molecule has 4 rings (SSSR count). The van der Waals surface area contributed by atoms with Gasteiger partial charge in [0, 0.05) is 37.8 Å². The van der Waals surface area contributed by atoms with Gasteiger partial charge in [0.15, 0.2) is 5.60 Å². The number of hydrogen-bond acceptors (Lipinski definition) is 4. The van der Waals surface area contributed by atoms with Gasteiger partial charge in [-0.25, -0.2) is 0 Å². The zero-order valence-electron chi connectivity index (χ0n) is 17.8. The molecular formula is C25H29N3O3. The predicted molar refractivity (Wildman–Crippen MR) is 119 cm³/mol. The first-order valence-corrected chi connectivity index (χ1v) is 10.9. The van der Waals surface area contributed by atoms with Crippen LogP contribution in [-0.4, -0.2) is 53.5 Å². The van der Waals surface area contributed by atoms with E-state index in [1.807, 2.05) is 47.5 Å². The van der Waals surface area contributed by atoms with Crippen LogP contribution in [0.25, 0.3) is 11.1 Å². The number of benzene rings is 1. The van der Waals surface area contributed by atoms with Gasteiger partial charge < -0.3 is 15.0 Å². The van der Waals surface area contributed by atoms with Crippen molar-refractivity contribution >= 4 is 11.8 Å². The first-order chi connectivity index (χ1) is 15.1. The lowest BCUT2D eigenvalue weighted by Crippen LogP contribution is -2.62.